The molecule has 0 saturated carbocycles. The number of halogens is 3. The normalized spacial score (nSPS) is 11.5. The highest BCUT2D eigenvalue weighted by Gasteiger charge is 2.35. The van der Waals surface area contributed by atoms with Crippen LogP contribution in [0.15, 0.2) is 36.5 Å². The van der Waals surface area contributed by atoms with Crippen molar-refractivity contribution < 1.29 is 22.7 Å². The molecule has 2 N–H and O–H groups in total. The summed E-state index contributed by atoms with van der Waals surface area (Å²) in [4.78, 5) is 11.7. The predicted octanol–water partition coefficient (Wildman–Crippen LogP) is 2.07. The number of methoxy groups -OCH3 is 1. The van der Waals surface area contributed by atoms with Gasteiger partial charge in [-0.05, 0) is 30.3 Å². The molecule has 9 heteroatoms. The summed E-state index contributed by atoms with van der Waals surface area (Å²) in [5, 5.41) is 9.22. The Morgan fingerprint density at radius 3 is 2.58 bits per heavy atom. The standard InChI is InChI=1S/C15H17F3N4O2/c1-24-9-8-19-10-14(23)21-11-2-4-12(5-3-11)22-13(6-7-20-22)15(16,17)18/h2-7,19H,8-10H2,1H3,(H,21,23). The van der Waals surface area contributed by atoms with Crippen molar-refractivity contribution in [2.45, 2.75) is 6.18 Å². The number of hydrogen-bond acceptors (Lipinski definition) is 4. The van der Waals surface area contributed by atoms with Crippen LogP contribution in [0, 0.1) is 0 Å². The summed E-state index contributed by atoms with van der Waals surface area (Å²) in [5.74, 6) is -0.256. The van der Waals surface area contributed by atoms with Gasteiger partial charge in [-0.2, -0.15) is 18.3 Å². The van der Waals surface area contributed by atoms with E-state index in [1.807, 2.05) is 0 Å². The lowest BCUT2D eigenvalue weighted by molar-refractivity contribution is -0.142. The number of nitrogens with zero attached hydrogens (tertiary/aromatic N) is 2. The van der Waals surface area contributed by atoms with Gasteiger partial charge in [-0.25, -0.2) is 4.68 Å². The number of benzene rings is 1. The fraction of sp³-hybridized carbons (Fsp3) is 0.333. The van der Waals surface area contributed by atoms with Gasteiger partial charge in [-0.15, -0.1) is 0 Å². The number of carbonyl (C=O) groups is 1. The molecule has 0 fully saturated rings. The van der Waals surface area contributed by atoms with Crippen LogP contribution >= 0.6 is 0 Å². The maximum Gasteiger partial charge on any atom is 0.433 e. The second-order valence-corrected chi connectivity index (χ2v) is 4.89. The van der Waals surface area contributed by atoms with Crippen molar-refractivity contribution >= 4 is 11.6 Å². The second kappa shape index (κ2) is 7.93. The Bertz CT molecular complexity index is 668. The van der Waals surface area contributed by atoms with Crippen molar-refractivity contribution in [2.75, 3.05) is 32.1 Å². The third-order valence-corrected chi connectivity index (χ3v) is 3.10. The van der Waals surface area contributed by atoms with Gasteiger partial charge in [0, 0.05) is 19.3 Å². The third-order valence-electron chi connectivity index (χ3n) is 3.10. The molecule has 1 aromatic carbocycles. The first-order valence-electron chi connectivity index (χ1n) is 7.13. The average molecular weight is 342 g/mol. The Morgan fingerprint density at radius 2 is 1.96 bits per heavy atom. The SMILES string of the molecule is COCCNCC(=O)Nc1ccc(-n2nccc2C(F)(F)F)cc1. The van der Waals surface area contributed by atoms with E-state index in [9.17, 15) is 18.0 Å². The minimum Gasteiger partial charge on any atom is -0.383 e. The van der Waals surface area contributed by atoms with Crippen LogP contribution in [0.1, 0.15) is 5.69 Å². The van der Waals surface area contributed by atoms with E-state index in [-0.39, 0.29) is 18.1 Å². The van der Waals surface area contributed by atoms with E-state index in [1.165, 1.54) is 24.3 Å². The lowest BCUT2D eigenvalue weighted by Gasteiger charge is -2.11. The van der Waals surface area contributed by atoms with Crippen LogP contribution in [0.5, 0.6) is 0 Å². The van der Waals surface area contributed by atoms with E-state index in [0.29, 0.717) is 18.8 Å². The topological polar surface area (TPSA) is 68.2 Å². The van der Waals surface area contributed by atoms with Crippen LogP contribution in [-0.4, -0.2) is 42.5 Å². The van der Waals surface area contributed by atoms with Gasteiger partial charge in [0.05, 0.1) is 25.0 Å². The summed E-state index contributed by atoms with van der Waals surface area (Å²) in [6.45, 7) is 1.15. The van der Waals surface area contributed by atoms with Gasteiger partial charge in [-0.1, -0.05) is 0 Å². The zero-order valence-corrected chi connectivity index (χ0v) is 12.9. The molecule has 0 spiro atoms. The Balaban J connectivity index is 1.99. The van der Waals surface area contributed by atoms with Gasteiger partial charge in [0.2, 0.25) is 5.91 Å². The maximum absolute atomic E-state index is 12.9. The van der Waals surface area contributed by atoms with Crippen LogP contribution < -0.4 is 10.6 Å². The minimum absolute atomic E-state index is 0.114. The molecular weight excluding hydrogens is 325 g/mol. The number of anilines is 1. The molecule has 1 aromatic heterocycles. The Hall–Kier alpha value is -2.39. The van der Waals surface area contributed by atoms with Crippen LogP contribution in [0.25, 0.3) is 5.69 Å². The zero-order chi connectivity index (χ0) is 17.6. The minimum atomic E-state index is -4.49. The first kappa shape index (κ1) is 18.0. The second-order valence-electron chi connectivity index (χ2n) is 4.89. The number of rotatable bonds is 7. The lowest BCUT2D eigenvalue weighted by atomic mass is 10.2. The van der Waals surface area contributed by atoms with Gasteiger partial charge < -0.3 is 15.4 Å². The van der Waals surface area contributed by atoms with Crippen molar-refractivity contribution in [3.63, 3.8) is 0 Å². The summed E-state index contributed by atoms with van der Waals surface area (Å²) < 4.78 is 44.2. The van der Waals surface area contributed by atoms with Gasteiger partial charge in [0.25, 0.3) is 0 Å². The Morgan fingerprint density at radius 1 is 1.25 bits per heavy atom. The van der Waals surface area contributed by atoms with E-state index in [1.54, 1.807) is 7.11 Å². The Kier molecular flexibility index (Phi) is 5.93. The smallest absolute Gasteiger partial charge is 0.383 e. The van der Waals surface area contributed by atoms with Gasteiger partial charge in [-0.3, -0.25) is 4.79 Å². The zero-order valence-electron chi connectivity index (χ0n) is 12.9. The molecule has 1 amide bonds. The van der Waals surface area contributed by atoms with Gasteiger partial charge in [0.1, 0.15) is 5.69 Å². The molecule has 24 heavy (non-hydrogen) atoms. The molecule has 2 aromatic rings. The number of nitrogens with one attached hydrogen (secondary N) is 2. The largest absolute Gasteiger partial charge is 0.433 e. The van der Waals surface area contributed by atoms with E-state index in [0.717, 1.165) is 16.9 Å². The quantitative estimate of drug-likeness (QED) is 0.756. The predicted molar refractivity (Wildman–Crippen MR) is 81.9 cm³/mol. The fourth-order valence-corrected chi connectivity index (χ4v) is 1.99. The number of hydrogen-bond donors (Lipinski definition) is 2. The van der Waals surface area contributed by atoms with Gasteiger partial charge in [0.15, 0.2) is 0 Å². The summed E-state index contributed by atoms with van der Waals surface area (Å²) in [6.07, 6.45) is -3.40. The molecule has 0 atom stereocenters. The first-order chi connectivity index (χ1) is 11.4. The maximum atomic E-state index is 12.9. The molecule has 0 unspecified atom stereocenters. The van der Waals surface area contributed by atoms with Crippen LogP contribution in [0.3, 0.4) is 0 Å². The van der Waals surface area contributed by atoms with Crippen molar-refractivity contribution in [1.29, 1.82) is 0 Å². The number of carbonyl (C=O) groups excluding carboxylic acids is 1. The van der Waals surface area contributed by atoms with Crippen LogP contribution in [0.4, 0.5) is 18.9 Å². The number of aromatic nitrogens is 2. The number of alkyl halides is 3. The highest BCUT2D eigenvalue weighted by Crippen LogP contribution is 2.30. The lowest BCUT2D eigenvalue weighted by Crippen LogP contribution is -2.30. The van der Waals surface area contributed by atoms with E-state index < -0.39 is 11.9 Å². The summed E-state index contributed by atoms with van der Waals surface area (Å²) in [7, 11) is 1.56. The average Bonchev–Trinajstić information content (AvgIpc) is 3.02. The van der Waals surface area contributed by atoms with E-state index in [4.69, 9.17) is 4.74 Å². The van der Waals surface area contributed by atoms with Crippen molar-refractivity contribution in [1.82, 2.24) is 15.1 Å². The van der Waals surface area contributed by atoms with Gasteiger partial charge >= 0.3 is 6.18 Å². The number of amides is 1. The molecule has 0 radical (unpaired) electrons. The van der Waals surface area contributed by atoms with Crippen molar-refractivity contribution in [3.8, 4) is 5.69 Å². The molecule has 130 valence electrons. The van der Waals surface area contributed by atoms with Crippen molar-refractivity contribution in [2.24, 2.45) is 0 Å². The molecule has 0 aliphatic heterocycles. The fourth-order valence-electron chi connectivity index (χ4n) is 1.99. The highest BCUT2D eigenvalue weighted by atomic mass is 19.4. The molecule has 0 saturated heterocycles. The van der Waals surface area contributed by atoms with Crippen LogP contribution in [0.2, 0.25) is 0 Å². The molecule has 0 aliphatic rings. The third kappa shape index (κ3) is 4.80. The molecule has 0 aliphatic carbocycles. The summed E-state index contributed by atoms with van der Waals surface area (Å²) in [5.41, 5.74) is -0.122. The molecular formula is C15H17F3N4O2. The summed E-state index contributed by atoms with van der Waals surface area (Å²) >= 11 is 0. The monoisotopic (exact) mass is 342 g/mol. The first-order valence-corrected chi connectivity index (χ1v) is 7.13. The van der Waals surface area contributed by atoms with E-state index in [2.05, 4.69) is 15.7 Å². The summed E-state index contributed by atoms with van der Waals surface area (Å²) in [6, 6.07) is 6.85. The molecule has 1 heterocycles. The van der Waals surface area contributed by atoms with Crippen LogP contribution in [-0.2, 0) is 15.7 Å². The highest BCUT2D eigenvalue weighted by molar-refractivity contribution is 5.92. The molecule has 2 rings (SSSR count). The molecule has 0 bridgehead atoms. The van der Waals surface area contributed by atoms with Crippen molar-refractivity contribution in [3.05, 3.63) is 42.2 Å². The molecule has 6 nitrogen and oxygen atoms in total. The number of ether oxygens (including phenoxy) is 1. The van der Waals surface area contributed by atoms with E-state index >= 15 is 0 Å². The Labute approximate surface area is 136 Å².